The first-order valence-electron chi connectivity index (χ1n) is 12.0. The van der Waals surface area contributed by atoms with Crippen LogP contribution in [-0.4, -0.2) is 49.0 Å². The third-order valence-electron chi connectivity index (χ3n) is 6.16. The molecule has 0 saturated carbocycles. The highest BCUT2D eigenvalue weighted by Gasteiger charge is 2.23. The molecule has 0 N–H and O–H groups in total. The number of hydrogen-bond donors (Lipinski definition) is 0. The summed E-state index contributed by atoms with van der Waals surface area (Å²) in [6, 6.07) is 12.0. The molecular formula is C27H33Cl2NO4. The number of nitrogens with zero attached hydrogens (tertiary/aromatic N) is 1. The Morgan fingerprint density at radius 2 is 1.79 bits per heavy atom. The molecule has 184 valence electrons. The van der Waals surface area contributed by atoms with Gasteiger partial charge in [-0.15, -0.1) is 0 Å². The summed E-state index contributed by atoms with van der Waals surface area (Å²) < 4.78 is 11.5. The number of piperidine rings is 1. The molecule has 0 aromatic heterocycles. The molecule has 0 spiro atoms. The number of halogens is 2. The van der Waals surface area contributed by atoms with Crippen molar-refractivity contribution in [3.8, 4) is 5.75 Å². The number of likely N-dealkylation sites (tertiary alicyclic amines) is 1. The first-order valence-corrected chi connectivity index (χ1v) is 12.7. The third kappa shape index (κ3) is 8.00. The third-order valence-corrected chi connectivity index (χ3v) is 6.72. The molecule has 0 unspecified atom stereocenters. The van der Waals surface area contributed by atoms with Crippen molar-refractivity contribution >= 4 is 35.0 Å². The van der Waals surface area contributed by atoms with Gasteiger partial charge in [-0.1, -0.05) is 36.5 Å². The highest BCUT2D eigenvalue weighted by Crippen LogP contribution is 2.27. The van der Waals surface area contributed by atoms with Crippen molar-refractivity contribution in [3.05, 3.63) is 63.6 Å². The Balaban J connectivity index is 1.47. The molecule has 0 bridgehead atoms. The molecule has 34 heavy (non-hydrogen) atoms. The number of hydrogen-bond acceptors (Lipinski definition) is 5. The highest BCUT2D eigenvalue weighted by atomic mass is 35.5. The number of carbonyl (C=O) groups is 2. The lowest BCUT2D eigenvalue weighted by Gasteiger charge is -2.34. The van der Waals surface area contributed by atoms with E-state index in [-0.39, 0.29) is 17.9 Å². The van der Waals surface area contributed by atoms with Crippen molar-refractivity contribution in [1.82, 2.24) is 4.90 Å². The van der Waals surface area contributed by atoms with Gasteiger partial charge in [0, 0.05) is 29.6 Å². The lowest BCUT2D eigenvalue weighted by molar-refractivity contribution is -0.147. The molecule has 1 heterocycles. The Morgan fingerprint density at radius 1 is 1.09 bits per heavy atom. The fourth-order valence-electron chi connectivity index (χ4n) is 4.22. The number of unbranched alkanes of at least 4 members (excludes halogenated alkanes) is 1. The lowest BCUT2D eigenvalue weighted by Crippen LogP contribution is -2.41. The average Bonchev–Trinajstić information content (AvgIpc) is 2.82. The van der Waals surface area contributed by atoms with Crippen LogP contribution in [0.1, 0.15) is 61.9 Å². The van der Waals surface area contributed by atoms with Crippen molar-refractivity contribution < 1.29 is 19.1 Å². The Bertz CT molecular complexity index is 956. The van der Waals surface area contributed by atoms with Gasteiger partial charge in [-0.05, 0) is 87.2 Å². The van der Waals surface area contributed by atoms with Crippen molar-refractivity contribution in [2.75, 3.05) is 26.2 Å². The summed E-state index contributed by atoms with van der Waals surface area (Å²) in [6.07, 6.45) is 5.10. The molecular weight excluding hydrogens is 473 g/mol. The maximum absolute atomic E-state index is 12.7. The Morgan fingerprint density at radius 3 is 2.41 bits per heavy atom. The van der Waals surface area contributed by atoms with Crippen LogP contribution in [0, 0.1) is 5.92 Å². The Kier molecular flexibility index (Phi) is 10.2. The van der Waals surface area contributed by atoms with Crippen LogP contribution in [0.15, 0.2) is 42.5 Å². The zero-order valence-corrected chi connectivity index (χ0v) is 21.4. The standard InChI is InChI=1S/C27H33Cl2NO4/c1-3-4-5-24(34-19(2)31)17-30-14-12-20(13-15-30)18-33-23-10-11-25(26(29)16-23)27(32)21-6-8-22(28)9-7-21/h6-11,16,20,24H,3-5,12-15,17-18H2,1-2H3/t24-/m1/s1. The van der Waals surface area contributed by atoms with E-state index in [1.165, 1.54) is 6.92 Å². The second kappa shape index (κ2) is 13.1. The minimum atomic E-state index is -0.205. The summed E-state index contributed by atoms with van der Waals surface area (Å²) in [4.78, 5) is 26.5. The molecule has 3 rings (SSSR count). The summed E-state index contributed by atoms with van der Waals surface area (Å²) in [5.41, 5.74) is 0.979. The predicted octanol–water partition coefficient (Wildman–Crippen LogP) is 6.44. The van der Waals surface area contributed by atoms with E-state index in [1.807, 2.05) is 0 Å². The van der Waals surface area contributed by atoms with Gasteiger partial charge in [0.25, 0.3) is 0 Å². The van der Waals surface area contributed by atoms with Gasteiger partial charge < -0.3 is 9.47 Å². The van der Waals surface area contributed by atoms with E-state index in [0.717, 1.165) is 51.7 Å². The summed E-state index contributed by atoms with van der Waals surface area (Å²) in [7, 11) is 0. The van der Waals surface area contributed by atoms with E-state index in [9.17, 15) is 9.59 Å². The molecule has 2 aromatic rings. The van der Waals surface area contributed by atoms with Gasteiger partial charge in [-0.3, -0.25) is 14.5 Å². The van der Waals surface area contributed by atoms with Crippen molar-refractivity contribution in [3.63, 3.8) is 0 Å². The zero-order chi connectivity index (χ0) is 24.5. The second-order valence-electron chi connectivity index (χ2n) is 8.91. The van der Waals surface area contributed by atoms with Crippen molar-refractivity contribution in [2.45, 2.75) is 52.1 Å². The number of ether oxygens (including phenoxy) is 2. The molecule has 0 amide bonds. The van der Waals surface area contributed by atoms with Gasteiger partial charge in [0.05, 0.1) is 11.6 Å². The first-order chi connectivity index (χ1) is 16.4. The number of benzene rings is 2. The second-order valence-corrected chi connectivity index (χ2v) is 9.75. The van der Waals surface area contributed by atoms with Gasteiger partial charge in [-0.25, -0.2) is 0 Å². The quantitative estimate of drug-likeness (QED) is 0.260. The molecule has 1 atom stereocenters. The summed E-state index contributed by atoms with van der Waals surface area (Å²) in [6.45, 7) is 6.97. The van der Waals surface area contributed by atoms with E-state index in [2.05, 4.69) is 11.8 Å². The Labute approximate surface area is 212 Å². The molecule has 5 nitrogen and oxygen atoms in total. The van der Waals surface area contributed by atoms with Crippen molar-refractivity contribution in [1.29, 1.82) is 0 Å². The topological polar surface area (TPSA) is 55.8 Å². The van der Waals surface area contributed by atoms with Crippen molar-refractivity contribution in [2.24, 2.45) is 5.92 Å². The molecule has 1 saturated heterocycles. The normalized spacial score (nSPS) is 15.6. The van der Waals surface area contributed by atoms with Crippen LogP contribution in [0.5, 0.6) is 5.75 Å². The van der Waals surface area contributed by atoms with E-state index in [4.69, 9.17) is 32.7 Å². The number of carbonyl (C=O) groups excluding carboxylic acids is 2. The SMILES string of the molecule is CCCC[C@H](CN1CCC(COc2ccc(C(=O)c3ccc(Cl)cc3)c(Cl)c2)CC1)OC(C)=O. The average molecular weight is 506 g/mol. The lowest BCUT2D eigenvalue weighted by atomic mass is 9.97. The maximum atomic E-state index is 12.7. The molecule has 7 heteroatoms. The van der Waals surface area contributed by atoms with Gasteiger partial charge in [0.2, 0.25) is 0 Å². The Hall–Kier alpha value is -2.08. The van der Waals surface area contributed by atoms with Crippen LogP contribution in [0.3, 0.4) is 0 Å². The van der Waals surface area contributed by atoms with E-state index < -0.39 is 0 Å². The maximum Gasteiger partial charge on any atom is 0.302 e. The summed E-state index contributed by atoms with van der Waals surface area (Å²) >= 11 is 12.3. The minimum Gasteiger partial charge on any atom is -0.493 e. The molecule has 1 aliphatic heterocycles. The van der Waals surface area contributed by atoms with Crippen LogP contribution < -0.4 is 4.74 Å². The molecule has 1 aliphatic rings. The summed E-state index contributed by atoms with van der Waals surface area (Å²) in [5, 5.41) is 0.953. The number of rotatable bonds is 11. The monoisotopic (exact) mass is 505 g/mol. The molecule has 2 aromatic carbocycles. The van der Waals surface area contributed by atoms with Gasteiger partial charge in [-0.2, -0.15) is 0 Å². The predicted molar refractivity (Wildman–Crippen MR) is 136 cm³/mol. The van der Waals surface area contributed by atoms with Gasteiger partial charge >= 0.3 is 5.97 Å². The van der Waals surface area contributed by atoms with Gasteiger partial charge in [0.1, 0.15) is 11.9 Å². The van der Waals surface area contributed by atoms with Gasteiger partial charge in [0.15, 0.2) is 5.78 Å². The van der Waals surface area contributed by atoms with E-state index in [0.29, 0.717) is 39.4 Å². The van der Waals surface area contributed by atoms with E-state index >= 15 is 0 Å². The summed E-state index contributed by atoms with van der Waals surface area (Å²) in [5.74, 6) is 0.762. The highest BCUT2D eigenvalue weighted by molar-refractivity contribution is 6.35. The van der Waals surface area contributed by atoms with E-state index in [1.54, 1.807) is 42.5 Å². The molecule has 1 fully saturated rings. The fraction of sp³-hybridized carbons (Fsp3) is 0.481. The van der Waals surface area contributed by atoms with Crippen LogP contribution in [0.2, 0.25) is 10.0 Å². The van der Waals surface area contributed by atoms with Crippen LogP contribution >= 0.6 is 23.2 Å². The van der Waals surface area contributed by atoms with Crippen LogP contribution in [-0.2, 0) is 9.53 Å². The van der Waals surface area contributed by atoms with Crippen LogP contribution in [0.25, 0.3) is 0 Å². The smallest absolute Gasteiger partial charge is 0.302 e. The molecule has 0 radical (unpaired) electrons. The molecule has 0 aliphatic carbocycles. The van der Waals surface area contributed by atoms with Crippen LogP contribution in [0.4, 0.5) is 0 Å². The number of ketones is 1. The largest absolute Gasteiger partial charge is 0.493 e. The number of esters is 1. The zero-order valence-electron chi connectivity index (χ0n) is 19.9. The first kappa shape index (κ1) is 26.5. The minimum absolute atomic E-state index is 0.0264. The fourth-order valence-corrected chi connectivity index (χ4v) is 4.60.